The van der Waals surface area contributed by atoms with Crippen LogP contribution in [0.25, 0.3) is 22.5 Å². The maximum Gasteiger partial charge on any atom is 0.106 e. The average molecular weight is 352 g/mol. The van der Waals surface area contributed by atoms with E-state index >= 15 is 0 Å². The third-order valence-electron chi connectivity index (χ3n) is 3.41. The SMILES string of the molecule is CCc1nc(-c2ccc(Cl)cc2Cl)c(-c2ccc(Cl)cc2)[nH]1. The van der Waals surface area contributed by atoms with Crippen molar-refractivity contribution in [1.82, 2.24) is 9.97 Å². The first-order valence-corrected chi connectivity index (χ1v) is 8.02. The third kappa shape index (κ3) is 3.00. The van der Waals surface area contributed by atoms with Crippen LogP contribution < -0.4 is 0 Å². The molecular weight excluding hydrogens is 339 g/mol. The quantitative estimate of drug-likeness (QED) is 0.592. The number of halogens is 3. The van der Waals surface area contributed by atoms with Crippen molar-refractivity contribution < 1.29 is 0 Å². The molecule has 0 unspecified atom stereocenters. The standard InChI is InChI=1S/C17H13Cl3N2/c1-2-15-21-16(10-3-5-11(18)6-4-10)17(22-15)13-8-7-12(19)9-14(13)20/h3-9H,2H2,1H3,(H,21,22). The van der Waals surface area contributed by atoms with Gasteiger partial charge in [0, 0.05) is 27.6 Å². The molecule has 2 aromatic carbocycles. The lowest BCUT2D eigenvalue weighted by Crippen LogP contribution is -1.85. The molecule has 3 rings (SSSR count). The summed E-state index contributed by atoms with van der Waals surface area (Å²) < 4.78 is 0. The lowest BCUT2D eigenvalue weighted by atomic mass is 10.1. The lowest BCUT2D eigenvalue weighted by Gasteiger charge is -2.06. The van der Waals surface area contributed by atoms with Crippen LogP contribution in [0.4, 0.5) is 0 Å². The summed E-state index contributed by atoms with van der Waals surface area (Å²) in [6.07, 6.45) is 0.811. The molecule has 0 fully saturated rings. The molecule has 0 aliphatic carbocycles. The molecule has 1 aromatic heterocycles. The summed E-state index contributed by atoms with van der Waals surface area (Å²) in [5.41, 5.74) is 3.61. The lowest BCUT2D eigenvalue weighted by molar-refractivity contribution is 0.992. The van der Waals surface area contributed by atoms with Crippen molar-refractivity contribution in [1.29, 1.82) is 0 Å². The Labute approximate surface area is 144 Å². The largest absolute Gasteiger partial charge is 0.341 e. The van der Waals surface area contributed by atoms with E-state index in [1.807, 2.05) is 36.4 Å². The number of nitrogens with one attached hydrogen (secondary N) is 1. The van der Waals surface area contributed by atoms with Gasteiger partial charge in [-0.3, -0.25) is 0 Å². The number of benzene rings is 2. The first-order chi connectivity index (χ1) is 10.6. The minimum absolute atomic E-state index is 0.580. The zero-order valence-electron chi connectivity index (χ0n) is 11.8. The number of rotatable bonds is 3. The van der Waals surface area contributed by atoms with Gasteiger partial charge in [0.15, 0.2) is 0 Å². The topological polar surface area (TPSA) is 28.7 Å². The van der Waals surface area contributed by atoms with Gasteiger partial charge in [0.25, 0.3) is 0 Å². The second-order valence-electron chi connectivity index (χ2n) is 4.89. The Morgan fingerprint density at radius 1 is 0.955 bits per heavy atom. The predicted octanol–water partition coefficient (Wildman–Crippen LogP) is 6.27. The molecule has 0 aliphatic heterocycles. The van der Waals surface area contributed by atoms with E-state index in [4.69, 9.17) is 34.8 Å². The highest BCUT2D eigenvalue weighted by Gasteiger charge is 2.16. The van der Waals surface area contributed by atoms with Crippen LogP contribution in [-0.2, 0) is 6.42 Å². The maximum atomic E-state index is 6.34. The van der Waals surface area contributed by atoms with Gasteiger partial charge in [0.2, 0.25) is 0 Å². The number of hydrogen-bond acceptors (Lipinski definition) is 1. The Kier molecular flexibility index (Phi) is 4.44. The molecule has 1 N–H and O–H groups in total. The summed E-state index contributed by atoms with van der Waals surface area (Å²) in [6, 6.07) is 13.1. The first-order valence-electron chi connectivity index (χ1n) is 6.88. The molecule has 0 saturated heterocycles. The summed E-state index contributed by atoms with van der Waals surface area (Å²) in [6.45, 7) is 2.05. The van der Waals surface area contributed by atoms with Crippen LogP contribution in [0.3, 0.4) is 0 Å². The zero-order chi connectivity index (χ0) is 15.7. The highest BCUT2D eigenvalue weighted by atomic mass is 35.5. The van der Waals surface area contributed by atoms with Gasteiger partial charge in [0.05, 0.1) is 16.4 Å². The van der Waals surface area contributed by atoms with E-state index in [-0.39, 0.29) is 0 Å². The van der Waals surface area contributed by atoms with Crippen LogP contribution in [0, 0.1) is 0 Å². The van der Waals surface area contributed by atoms with E-state index in [1.54, 1.807) is 6.07 Å². The number of imidazole rings is 1. The number of aromatic nitrogens is 2. The van der Waals surface area contributed by atoms with Crippen molar-refractivity contribution in [2.45, 2.75) is 13.3 Å². The van der Waals surface area contributed by atoms with Crippen LogP contribution in [-0.4, -0.2) is 9.97 Å². The Hall–Kier alpha value is -1.48. The second-order valence-corrected chi connectivity index (χ2v) is 6.17. The molecule has 0 amide bonds. The maximum absolute atomic E-state index is 6.34. The Morgan fingerprint density at radius 3 is 2.27 bits per heavy atom. The average Bonchev–Trinajstić information content (AvgIpc) is 2.92. The molecule has 0 saturated carbocycles. The van der Waals surface area contributed by atoms with E-state index in [1.165, 1.54) is 0 Å². The molecule has 112 valence electrons. The molecule has 0 radical (unpaired) electrons. The Morgan fingerprint density at radius 2 is 1.64 bits per heavy atom. The molecule has 0 atom stereocenters. The van der Waals surface area contributed by atoms with Gasteiger partial charge in [-0.25, -0.2) is 4.98 Å². The normalized spacial score (nSPS) is 10.9. The first kappa shape index (κ1) is 15.4. The fourth-order valence-corrected chi connectivity index (χ4v) is 2.92. The van der Waals surface area contributed by atoms with Gasteiger partial charge in [-0.05, 0) is 30.3 Å². The monoisotopic (exact) mass is 350 g/mol. The van der Waals surface area contributed by atoms with E-state index in [9.17, 15) is 0 Å². The summed E-state index contributed by atoms with van der Waals surface area (Å²) in [7, 11) is 0. The van der Waals surface area contributed by atoms with E-state index in [2.05, 4.69) is 16.9 Å². The van der Waals surface area contributed by atoms with Crippen molar-refractivity contribution >= 4 is 34.8 Å². The summed E-state index contributed by atoms with van der Waals surface area (Å²) in [5.74, 6) is 0.908. The molecule has 5 heteroatoms. The van der Waals surface area contributed by atoms with Crippen LogP contribution in [0.5, 0.6) is 0 Å². The molecule has 1 heterocycles. The highest BCUT2D eigenvalue weighted by molar-refractivity contribution is 6.36. The molecule has 2 nitrogen and oxygen atoms in total. The minimum atomic E-state index is 0.580. The van der Waals surface area contributed by atoms with Gasteiger partial charge in [-0.15, -0.1) is 0 Å². The third-order valence-corrected chi connectivity index (χ3v) is 4.21. The van der Waals surface area contributed by atoms with E-state index in [0.717, 1.165) is 34.8 Å². The minimum Gasteiger partial charge on any atom is -0.341 e. The fourth-order valence-electron chi connectivity index (χ4n) is 2.29. The highest BCUT2D eigenvalue weighted by Crippen LogP contribution is 2.36. The number of aryl methyl sites for hydroxylation is 1. The van der Waals surface area contributed by atoms with Gasteiger partial charge in [-0.1, -0.05) is 53.9 Å². The van der Waals surface area contributed by atoms with Gasteiger partial charge >= 0.3 is 0 Å². The molecule has 0 bridgehead atoms. The number of aromatic amines is 1. The second kappa shape index (κ2) is 6.33. The predicted molar refractivity (Wildman–Crippen MR) is 93.9 cm³/mol. The number of nitrogens with zero attached hydrogens (tertiary/aromatic N) is 1. The molecule has 3 aromatic rings. The van der Waals surface area contributed by atoms with Gasteiger partial charge < -0.3 is 4.98 Å². The van der Waals surface area contributed by atoms with Crippen LogP contribution in [0.15, 0.2) is 42.5 Å². The molecular formula is C17H13Cl3N2. The van der Waals surface area contributed by atoms with E-state index in [0.29, 0.717) is 15.1 Å². The summed E-state index contributed by atoms with van der Waals surface area (Å²) in [4.78, 5) is 8.03. The number of hydrogen-bond donors (Lipinski definition) is 1. The van der Waals surface area contributed by atoms with Crippen molar-refractivity contribution in [3.05, 3.63) is 63.4 Å². The smallest absolute Gasteiger partial charge is 0.106 e. The Balaban J connectivity index is 2.18. The van der Waals surface area contributed by atoms with Crippen molar-refractivity contribution in [2.75, 3.05) is 0 Å². The van der Waals surface area contributed by atoms with Crippen LogP contribution in [0.1, 0.15) is 12.7 Å². The van der Waals surface area contributed by atoms with E-state index < -0.39 is 0 Å². The molecule has 22 heavy (non-hydrogen) atoms. The zero-order valence-corrected chi connectivity index (χ0v) is 14.1. The van der Waals surface area contributed by atoms with Gasteiger partial charge in [-0.2, -0.15) is 0 Å². The van der Waals surface area contributed by atoms with Gasteiger partial charge in [0.1, 0.15) is 5.82 Å². The number of H-pyrrole nitrogens is 1. The van der Waals surface area contributed by atoms with Crippen molar-refractivity contribution in [2.24, 2.45) is 0 Å². The van der Waals surface area contributed by atoms with Crippen molar-refractivity contribution in [3.63, 3.8) is 0 Å². The summed E-state index contributed by atoms with van der Waals surface area (Å²) in [5, 5.41) is 1.88. The summed E-state index contributed by atoms with van der Waals surface area (Å²) >= 11 is 18.3. The van der Waals surface area contributed by atoms with Crippen molar-refractivity contribution in [3.8, 4) is 22.5 Å². The fraction of sp³-hybridized carbons (Fsp3) is 0.118. The van der Waals surface area contributed by atoms with Crippen LogP contribution >= 0.6 is 34.8 Å². The Bertz CT molecular complexity index is 807. The molecule has 0 aliphatic rings. The molecule has 0 spiro atoms. The van der Waals surface area contributed by atoms with Crippen LogP contribution in [0.2, 0.25) is 15.1 Å².